The molecule has 0 unspecified atom stereocenters. The Balaban J connectivity index is 0.00000196. The summed E-state index contributed by atoms with van der Waals surface area (Å²) in [5, 5.41) is 4.17. The lowest BCUT2D eigenvalue weighted by molar-refractivity contribution is 0.0781. The van der Waals surface area contributed by atoms with E-state index in [0.29, 0.717) is 11.8 Å². The lowest BCUT2D eigenvalue weighted by Gasteiger charge is -2.17. The first-order valence-electron chi connectivity index (χ1n) is 8.66. The smallest absolute Gasteiger partial charge is 0.253 e. The highest BCUT2D eigenvalue weighted by atomic mass is 35.5. The van der Waals surface area contributed by atoms with Gasteiger partial charge in [0.25, 0.3) is 5.91 Å². The van der Waals surface area contributed by atoms with Crippen molar-refractivity contribution >= 4 is 41.7 Å². The van der Waals surface area contributed by atoms with Gasteiger partial charge in [0, 0.05) is 47.4 Å². The third-order valence-electron chi connectivity index (χ3n) is 5.10. The second-order valence-electron chi connectivity index (χ2n) is 6.83. The molecule has 2 aromatic rings. The molecular formula is C20H22Cl2N2OS. The topological polar surface area (TPSA) is 32.3 Å². The number of rotatable bonds is 4. The van der Waals surface area contributed by atoms with Crippen molar-refractivity contribution in [3.63, 3.8) is 0 Å². The van der Waals surface area contributed by atoms with Gasteiger partial charge < -0.3 is 10.2 Å². The maximum atomic E-state index is 12.7. The van der Waals surface area contributed by atoms with Gasteiger partial charge in [0.05, 0.1) is 0 Å². The number of hydrogen-bond acceptors (Lipinski definition) is 3. The second-order valence-corrected chi connectivity index (χ2v) is 8.31. The number of benzene rings is 2. The summed E-state index contributed by atoms with van der Waals surface area (Å²) in [4.78, 5) is 15.9. The van der Waals surface area contributed by atoms with E-state index in [0.717, 1.165) is 42.5 Å². The number of nitrogens with zero attached hydrogens (tertiary/aromatic N) is 1. The minimum absolute atomic E-state index is 0. The summed E-state index contributed by atoms with van der Waals surface area (Å²) in [7, 11) is 0. The van der Waals surface area contributed by atoms with Gasteiger partial charge in [-0.05, 0) is 53.8 Å². The Labute approximate surface area is 169 Å². The van der Waals surface area contributed by atoms with E-state index in [1.54, 1.807) is 11.8 Å². The fourth-order valence-electron chi connectivity index (χ4n) is 3.64. The van der Waals surface area contributed by atoms with Gasteiger partial charge in [-0.15, -0.1) is 24.2 Å². The number of fused-ring (bicyclic) bond motifs is 1. The summed E-state index contributed by atoms with van der Waals surface area (Å²) in [6, 6.07) is 15.9. The van der Waals surface area contributed by atoms with Gasteiger partial charge in [-0.1, -0.05) is 23.7 Å². The van der Waals surface area contributed by atoms with Crippen LogP contribution in [0.1, 0.15) is 15.9 Å². The molecule has 1 amide bonds. The highest BCUT2D eigenvalue weighted by molar-refractivity contribution is 7.98. The zero-order chi connectivity index (χ0) is 17.2. The van der Waals surface area contributed by atoms with Crippen molar-refractivity contribution in [3.05, 3.63) is 64.7 Å². The lowest BCUT2D eigenvalue weighted by Crippen LogP contribution is -2.31. The van der Waals surface area contributed by atoms with Gasteiger partial charge in [-0.25, -0.2) is 0 Å². The molecule has 1 N–H and O–H groups in total. The SMILES string of the molecule is Cl.O=C(c1ccc(CSc2ccc(Cl)cc2)cc1)N1C[C@H]2CNC[C@H]2C1. The van der Waals surface area contributed by atoms with Crippen molar-refractivity contribution in [2.24, 2.45) is 11.8 Å². The maximum absolute atomic E-state index is 12.7. The number of nitrogens with one attached hydrogen (secondary N) is 1. The molecule has 138 valence electrons. The lowest BCUT2D eigenvalue weighted by atomic mass is 10.0. The molecule has 0 aromatic heterocycles. The Morgan fingerprint density at radius 3 is 2.27 bits per heavy atom. The van der Waals surface area contributed by atoms with Gasteiger partial charge in [-0.3, -0.25) is 4.79 Å². The zero-order valence-corrected chi connectivity index (χ0v) is 16.7. The quantitative estimate of drug-likeness (QED) is 0.763. The Bertz CT molecular complexity index is 739. The molecule has 6 heteroatoms. The molecule has 2 aromatic carbocycles. The minimum Gasteiger partial charge on any atom is -0.338 e. The molecule has 26 heavy (non-hydrogen) atoms. The Morgan fingerprint density at radius 1 is 1.04 bits per heavy atom. The van der Waals surface area contributed by atoms with Crippen LogP contribution in [0.2, 0.25) is 5.02 Å². The molecule has 2 atom stereocenters. The van der Waals surface area contributed by atoms with Gasteiger partial charge in [0.2, 0.25) is 0 Å². The first-order valence-corrected chi connectivity index (χ1v) is 10.0. The average molecular weight is 409 g/mol. The summed E-state index contributed by atoms with van der Waals surface area (Å²) in [5.41, 5.74) is 2.02. The molecule has 0 radical (unpaired) electrons. The summed E-state index contributed by atoms with van der Waals surface area (Å²) in [6.45, 7) is 3.89. The monoisotopic (exact) mass is 408 g/mol. The van der Waals surface area contributed by atoms with Crippen molar-refractivity contribution in [3.8, 4) is 0 Å². The summed E-state index contributed by atoms with van der Waals surface area (Å²) < 4.78 is 0. The largest absolute Gasteiger partial charge is 0.338 e. The van der Waals surface area contributed by atoms with Crippen LogP contribution in [0.3, 0.4) is 0 Å². The molecule has 0 aliphatic carbocycles. The van der Waals surface area contributed by atoms with E-state index in [-0.39, 0.29) is 18.3 Å². The summed E-state index contributed by atoms with van der Waals surface area (Å²) in [5.74, 6) is 2.33. The molecule has 4 rings (SSSR count). The number of halogens is 2. The van der Waals surface area contributed by atoms with E-state index in [2.05, 4.69) is 17.4 Å². The molecule has 0 bridgehead atoms. The Kier molecular flexibility index (Phi) is 6.51. The normalized spacial score (nSPS) is 21.3. The standard InChI is InChI=1S/C20H21ClN2OS.ClH/c21-18-5-7-19(8-6-18)25-13-14-1-3-15(4-2-14)20(24)23-11-16-9-22-10-17(16)12-23;/h1-8,16-17,22H,9-13H2;1H/t16-,17+;. The van der Waals surface area contributed by atoms with Crippen molar-refractivity contribution in [1.29, 1.82) is 0 Å². The van der Waals surface area contributed by atoms with Crippen LogP contribution in [0.4, 0.5) is 0 Å². The van der Waals surface area contributed by atoms with Crippen LogP contribution in [0.25, 0.3) is 0 Å². The van der Waals surface area contributed by atoms with Crippen LogP contribution in [-0.4, -0.2) is 37.0 Å². The fraction of sp³-hybridized carbons (Fsp3) is 0.350. The van der Waals surface area contributed by atoms with Crippen LogP contribution in [0.5, 0.6) is 0 Å². The van der Waals surface area contributed by atoms with Crippen LogP contribution in [0.15, 0.2) is 53.4 Å². The highest BCUT2D eigenvalue weighted by Crippen LogP contribution is 2.28. The van der Waals surface area contributed by atoms with Gasteiger partial charge in [0.15, 0.2) is 0 Å². The van der Waals surface area contributed by atoms with Crippen molar-refractivity contribution < 1.29 is 4.79 Å². The number of carbonyl (C=O) groups excluding carboxylic acids is 1. The first-order chi connectivity index (χ1) is 12.2. The van der Waals surface area contributed by atoms with E-state index in [4.69, 9.17) is 11.6 Å². The molecule has 2 aliphatic rings. The van der Waals surface area contributed by atoms with E-state index >= 15 is 0 Å². The summed E-state index contributed by atoms with van der Waals surface area (Å²) >= 11 is 7.68. The van der Waals surface area contributed by atoms with Crippen LogP contribution >= 0.6 is 35.8 Å². The molecule has 2 fully saturated rings. The predicted octanol–water partition coefficient (Wildman–Crippen LogP) is 4.35. The molecular weight excluding hydrogens is 387 g/mol. The summed E-state index contributed by atoms with van der Waals surface area (Å²) in [6.07, 6.45) is 0. The third kappa shape index (κ3) is 4.37. The van der Waals surface area contributed by atoms with E-state index < -0.39 is 0 Å². The predicted molar refractivity (Wildman–Crippen MR) is 110 cm³/mol. The van der Waals surface area contributed by atoms with E-state index in [9.17, 15) is 4.79 Å². The van der Waals surface area contributed by atoms with Gasteiger partial charge >= 0.3 is 0 Å². The van der Waals surface area contributed by atoms with Crippen molar-refractivity contribution in [2.45, 2.75) is 10.6 Å². The Hall–Kier alpha value is -1.20. The zero-order valence-electron chi connectivity index (χ0n) is 14.4. The van der Waals surface area contributed by atoms with E-state index in [1.165, 1.54) is 10.5 Å². The van der Waals surface area contributed by atoms with E-state index in [1.807, 2.05) is 41.3 Å². The number of amides is 1. The van der Waals surface area contributed by atoms with Gasteiger partial charge in [0.1, 0.15) is 0 Å². The molecule has 0 spiro atoms. The van der Waals surface area contributed by atoms with Crippen molar-refractivity contribution in [2.75, 3.05) is 26.2 Å². The average Bonchev–Trinajstić information content (AvgIpc) is 3.23. The highest BCUT2D eigenvalue weighted by Gasteiger charge is 2.38. The van der Waals surface area contributed by atoms with Crippen LogP contribution < -0.4 is 5.32 Å². The number of hydrogen-bond donors (Lipinski definition) is 1. The third-order valence-corrected chi connectivity index (χ3v) is 6.43. The number of thioether (sulfide) groups is 1. The first kappa shape index (κ1) is 19.6. The van der Waals surface area contributed by atoms with Crippen molar-refractivity contribution in [1.82, 2.24) is 10.2 Å². The fourth-order valence-corrected chi connectivity index (χ4v) is 4.63. The van der Waals surface area contributed by atoms with Crippen LogP contribution in [0, 0.1) is 11.8 Å². The second kappa shape index (κ2) is 8.66. The number of carbonyl (C=O) groups is 1. The molecule has 3 nitrogen and oxygen atoms in total. The molecule has 0 saturated carbocycles. The minimum atomic E-state index is 0. The molecule has 2 heterocycles. The number of likely N-dealkylation sites (tertiary alicyclic amines) is 1. The molecule has 2 saturated heterocycles. The van der Waals surface area contributed by atoms with Crippen LogP contribution in [-0.2, 0) is 5.75 Å². The van der Waals surface area contributed by atoms with Gasteiger partial charge in [-0.2, -0.15) is 0 Å². The Morgan fingerprint density at radius 2 is 1.65 bits per heavy atom. The molecule has 2 aliphatic heterocycles. The maximum Gasteiger partial charge on any atom is 0.253 e.